The molecule has 1 aromatic carbocycles. The summed E-state index contributed by atoms with van der Waals surface area (Å²) in [5, 5.41) is 4.62. The molecule has 186 valence electrons. The highest BCUT2D eigenvalue weighted by Crippen LogP contribution is 2.37. The number of anilines is 1. The summed E-state index contributed by atoms with van der Waals surface area (Å²) in [7, 11) is 0. The van der Waals surface area contributed by atoms with Crippen LogP contribution in [0.15, 0.2) is 30.5 Å². The molecule has 2 aromatic heterocycles. The predicted octanol–water partition coefficient (Wildman–Crippen LogP) is 4.10. The number of hydrogen-bond acceptors (Lipinski definition) is 5. The number of aryl methyl sites for hydroxylation is 1. The molecule has 2 fully saturated rings. The molecule has 2 atom stereocenters. The number of carbonyl (C=O) groups excluding carboxylic acids is 1. The lowest BCUT2D eigenvalue weighted by Crippen LogP contribution is -2.39. The van der Waals surface area contributed by atoms with Gasteiger partial charge in [0.2, 0.25) is 0 Å². The third-order valence-electron chi connectivity index (χ3n) is 6.77. The molecule has 2 unspecified atom stereocenters. The fourth-order valence-electron chi connectivity index (χ4n) is 5.06. The van der Waals surface area contributed by atoms with Crippen LogP contribution < -0.4 is 10.6 Å². The van der Waals surface area contributed by atoms with Crippen molar-refractivity contribution in [3.8, 4) is 0 Å². The zero-order valence-corrected chi connectivity index (χ0v) is 19.2. The molecule has 4 heterocycles. The number of carbonyl (C=O) groups is 1. The van der Waals surface area contributed by atoms with Crippen molar-refractivity contribution in [2.75, 3.05) is 24.5 Å². The van der Waals surface area contributed by atoms with E-state index >= 15 is 0 Å². The number of alkyl halides is 3. The highest BCUT2D eigenvalue weighted by Gasteiger charge is 2.39. The molecule has 3 aromatic rings. The number of hydrogen-bond donors (Lipinski definition) is 1. The van der Waals surface area contributed by atoms with E-state index in [-0.39, 0.29) is 12.6 Å². The first-order chi connectivity index (χ1) is 16.6. The van der Waals surface area contributed by atoms with Crippen molar-refractivity contribution in [1.29, 1.82) is 0 Å². The largest absolute Gasteiger partial charge is 0.417 e. The molecule has 0 spiro atoms. The predicted molar refractivity (Wildman–Crippen MR) is 122 cm³/mol. The van der Waals surface area contributed by atoms with Gasteiger partial charge in [-0.3, -0.25) is 4.79 Å². The Labute approximate surface area is 199 Å². The van der Waals surface area contributed by atoms with E-state index < -0.39 is 35.1 Å². The Bertz CT molecular complexity index is 1270. The molecule has 5 rings (SSSR count). The third-order valence-corrected chi connectivity index (χ3v) is 6.77. The van der Waals surface area contributed by atoms with Crippen LogP contribution in [0.1, 0.15) is 58.9 Å². The Morgan fingerprint density at radius 2 is 1.94 bits per heavy atom. The number of fused-ring (bicyclic) bond motifs is 1. The van der Waals surface area contributed by atoms with E-state index in [1.165, 1.54) is 4.90 Å². The molecule has 2 N–H and O–H groups in total. The summed E-state index contributed by atoms with van der Waals surface area (Å²) >= 11 is 0. The van der Waals surface area contributed by atoms with E-state index in [0.29, 0.717) is 48.9 Å². The maximum Gasteiger partial charge on any atom is 0.417 e. The fourth-order valence-corrected chi connectivity index (χ4v) is 5.06. The van der Waals surface area contributed by atoms with Crippen molar-refractivity contribution in [2.24, 2.45) is 5.73 Å². The van der Waals surface area contributed by atoms with Crippen LogP contribution in [0.3, 0.4) is 0 Å². The van der Waals surface area contributed by atoms with Crippen molar-refractivity contribution in [2.45, 2.75) is 50.9 Å². The summed E-state index contributed by atoms with van der Waals surface area (Å²) in [6, 6.07) is 3.33. The van der Waals surface area contributed by atoms with Gasteiger partial charge in [0.05, 0.1) is 22.9 Å². The topological polar surface area (TPSA) is 79.8 Å². The number of likely N-dealkylation sites (tertiary alicyclic amines) is 1. The number of halogens is 4. The van der Waals surface area contributed by atoms with E-state index in [9.17, 15) is 22.4 Å². The number of amides is 1. The van der Waals surface area contributed by atoms with Crippen LogP contribution >= 0.6 is 0 Å². The molecule has 11 heteroatoms. The normalized spacial score (nSPS) is 21.2. The third kappa shape index (κ3) is 4.44. The quantitative estimate of drug-likeness (QED) is 0.560. The van der Waals surface area contributed by atoms with Gasteiger partial charge in [0.15, 0.2) is 5.65 Å². The van der Waals surface area contributed by atoms with Crippen LogP contribution in [0.2, 0.25) is 0 Å². The minimum Gasteiger partial charge on any atom is -0.355 e. The molecular formula is C24H26F4N6O. The van der Waals surface area contributed by atoms with Gasteiger partial charge in [-0.15, -0.1) is 0 Å². The Balaban J connectivity index is 1.50. The second kappa shape index (κ2) is 8.78. The van der Waals surface area contributed by atoms with Gasteiger partial charge in [-0.1, -0.05) is 0 Å². The summed E-state index contributed by atoms with van der Waals surface area (Å²) in [5.41, 5.74) is 6.27. The van der Waals surface area contributed by atoms with E-state index in [0.717, 1.165) is 30.8 Å². The van der Waals surface area contributed by atoms with Crippen LogP contribution in [0, 0.1) is 12.7 Å². The zero-order valence-electron chi connectivity index (χ0n) is 19.2. The van der Waals surface area contributed by atoms with E-state index in [4.69, 9.17) is 10.7 Å². The van der Waals surface area contributed by atoms with Crippen LogP contribution in [-0.4, -0.2) is 51.1 Å². The Hall–Kier alpha value is -3.21. The second-order valence-corrected chi connectivity index (χ2v) is 9.31. The van der Waals surface area contributed by atoms with Gasteiger partial charge in [-0.2, -0.15) is 18.3 Å². The molecule has 0 aliphatic carbocycles. The summed E-state index contributed by atoms with van der Waals surface area (Å²) in [4.78, 5) is 21.6. The minimum atomic E-state index is -4.77. The number of rotatable bonds is 3. The van der Waals surface area contributed by atoms with Crippen LogP contribution in [0.5, 0.6) is 0 Å². The molecule has 35 heavy (non-hydrogen) atoms. The average Bonchev–Trinajstić information content (AvgIpc) is 3.42. The molecule has 2 aliphatic heterocycles. The fraction of sp³-hybridized carbons (Fsp3) is 0.458. The molecular weight excluding hydrogens is 464 g/mol. The van der Waals surface area contributed by atoms with Gasteiger partial charge in [0.25, 0.3) is 5.91 Å². The van der Waals surface area contributed by atoms with Crippen molar-refractivity contribution in [3.63, 3.8) is 0 Å². The number of piperidine rings is 1. The maximum absolute atomic E-state index is 13.9. The highest BCUT2D eigenvalue weighted by atomic mass is 19.4. The average molecular weight is 491 g/mol. The summed E-state index contributed by atoms with van der Waals surface area (Å²) < 4.78 is 56.2. The lowest BCUT2D eigenvalue weighted by molar-refractivity contribution is -0.138. The second-order valence-electron chi connectivity index (χ2n) is 9.31. The number of aromatic nitrogens is 3. The van der Waals surface area contributed by atoms with Crippen LogP contribution in [0.4, 0.5) is 23.4 Å². The smallest absolute Gasteiger partial charge is 0.355 e. The van der Waals surface area contributed by atoms with Gasteiger partial charge in [0.1, 0.15) is 11.6 Å². The van der Waals surface area contributed by atoms with Gasteiger partial charge < -0.3 is 15.5 Å². The van der Waals surface area contributed by atoms with Crippen molar-refractivity contribution in [1.82, 2.24) is 19.5 Å². The van der Waals surface area contributed by atoms with Crippen molar-refractivity contribution < 1.29 is 22.4 Å². The first kappa shape index (κ1) is 23.5. The first-order valence-electron chi connectivity index (χ1n) is 11.7. The summed E-state index contributed by atoms with van der Waals surface area (Å²) in [5.74, 6) is -0.922. The van der Waals surface area contributed by atoms with Gasteiger partial charge >= 0.3 is 6.18 Å². The Kier molecular flexibility index (Phi) is 5.90. The summed E-state index contributed by atoms with van der Waals surface area (Å²) in [6.45, 7) is 3.72. The lowest BCUT2D eigenvalue weighted by Gasteiger charge is -2.35. The molecule has 2 saturated heterocycles. The van der Waals surface area contributed by atoms with Crippen LogP contribution in [-0.2, 0) is 6.18 Å². The van der Waals surface area contributed by atoms with Crippen molar-refractivity contribution >= 4 is 17.4 Å². The number of benzene rings is 1. The van der Waals surface area contributed by atoms with Crippen LogP contribution in [0.25, 0.3) is 5.65 Å². The Morgan fingerprint density at radius 1 is 1.14 bits per heavy atom. The first-order valence-corrected chi connectivity index (χ1v) is 11.7. The van der Waals surface area contributed by atoms with Gasteiger partial charge in [-0.25, -0.2) is 13.9 Å². The maximum atomic E-state index is 13.9. The molecule has 1 amide bonds. The molecule has 0 bridgehead atoms. The van der Waals surface area contributed by atoms with E-state index in [1.54, 1.807) is 10.6 Å². The van der Waals surface area contributed by atoms with Gasteiger partial charge in [0, 0.05) is 43.5 Å². The number of nitrogens with zero attached hydrogens (tertiary/aromatic N) is 5. The summed E-state index contributed by atoms with van der Waals surface area (Å²) in [6.07, 6.45) is -0.0591. The zero-order chi connectivity index (χ0) is 24.9. The molecule has 0 saturated carbocycles. The number of nitrogens with two attached hydrogens (primary N) is 1. The SMILES string of the molecule is Cc1cn2nc(C3CCCCN3C(=O)c3cc(F)ccc3C(F)(F)F)cc2nc1N1CCC(N)C1. The van der Waals surface area contributed by atoms with E-state index in [2.05, 4.69) is 10.00 Å². The highest BCUT2D eigenvalue weighted by molar-refractivity contribution is 5.96. The molecule has 0 radical (unpaired) electrons. The standard InChI is InChI=1S/C24H26F4N6O/c1-14-12-34-21(30-22(14)32-9-7-16(29)13-32)11-19(31-34)20-4-2-3-8-33(20)23(35)17-10-15(25)5-6-18(17)24(26,27)28/h5-6,10-12,16,20H,2-4,7-9,13,29H2,1H3. The Morgan fingerprint density at radius 3 is 2.66 bits per heavy atom. The minimum absolute atomic E-state index is 0.0964. The van der Waals surface area contributed by atoms with Crippen molar-refractivity contribution in [3.05, 3.63) is 58.7 Å². The molecule has 7 nitrogen and oxygen atoms in total. The van der Waals surface area contributed by atoms with E-state index in [1.807, 2.05) is 13.1 Å². The molecule has 2 aliphatic rings. The van der Waals surface area contributed by atoms with Gasteiger partial charge in [-0.05, 0) is 50.8 Å². The lowest BCUT2D eigenvalue weighted by atomic mass is 9.97. The monoisotopic (exact) mass is 490 g/mol.